The average Bonchev–Trinajstić information content (AvgIpc) is 2.27. The van der Waals surface area contributed by atoms with E-state index >= 15 is 0 Å². The molecule has 0 saturated heterocycles. The number of halogens is 5. The third kappa shape index (κ3) is 3.00. The fraction of sp³-hybridized carbons (Fsp3) is 0.0909. The van der Waals surface area contributed by atoms with Gasteiger partial charge in [0.1, 0.15) is 5.69 Å². The maximum atomic E-state index is 12.6. The van der Waals surface area contributed by atoms with Crippen LogP contribution in [-0.2, 0) is 6.18 Å². The minimum atomic E-state index is -4.55. The van der Waals surface area contributed by atoms with Crippen LogP contribution < -0.4 is 0 Å². The molecule has 0 amide bonds. The van der Waals surface area contributed by atoms with E-state index in [0.29, 0.717) is 5.56 Å². The average molecular weight is 338 g/mol. The molecule has 0 bridgehead atoms. The third-order valence-electron chi connectivity index (χ3n) is 2.11. The Kier molecular flexibility index (Phi) is 3.59. The Hall–Kier alpha value is -1.14. The molecule has 0 aliphatic carbocycles. The highest BCUT2D eigenvalue weighted by atomic mass is 79.9. The van der Waals surface area contributed by atoms with Gasteiger partial charge < -0.3 is 0 Å². The van der Waals surface area contributed by atoms with E-state index < -0.39 is 17.2 Å². The molecule has 2 rings (SSSR count). The largest absolute Gasteiger partial charge is 0.433 e. The van der Waals surface area contributed by atoms with Crippen molar-refractivity contribution in [3.63, 3.8) is 0 Å². The summed E-state index contributed by atoms with van der Waals surface area (Å²) in [4.78, 5) is 6.96. The predicted molar refractivity (Wildman–Crippen MR) is 65.2 cm³/mol. The molecule has 2 aromatic rings. The van der Waals surface area contributed by atoms with Gasteiger partial charge in [0.15, 0.2) is 0 Å². The lowest BCUT2D eigenvalue weighted by atomic mass is 10.1. The van der Waals surface area contributed by atoms with E-state index in [1.54, 1.807) is 24.3 Å². The van der Waals surface area contributed by atoms with Gasteiger partial charge in [-0.1, -0.05) is 28.1 Å². The van der Waals surface area contributed by atoms with Crippen LogP contribution in [0.1, 0.15) is 5.69 Å². The second-order valence-corrected chi connectivity index (χ2v) is 4.67. The smallest absolute Gasteiger partial charge is 0.218 e. The molecule has 0 saturated carbocycles. The zero-order valence-electron chi connectivity index (χ0n) is 8.67. The van der Waals surface area contributed by atoms with E-state index in [0.717, 1.165) is 10.5 Å². The molecule has 2 nitrogen and oxygen atoms in total. The van der Waals surface area contributed by atoms with Gasteiger partial charge in [-0.15, -0.1) is 0 Å². The Balaban J connectivity index is 2.55. The van der Waals surface area contributed by atoms with E-state index in [1.807, 2.05) is 0 Å². The van der Waals surface area contributed by atoms with Crippen molar-refractivity contribution in [2.75, 3.05) is 0 Å². The van der Waals surface area contributed by atoms with Gasteiger partial charge in [0.25, 0.3) is 0 Å². The standard InChI is InChI=1S/C11H5BrClF3N2/c12-7-3-1-2-6(4-7)8-5-9(11(14,15)16)18-10(13)17-8/h1-5H. The number of alkyl halides is 3. The molecular formula is C11H5BrClF3N2. The number of nitrogens with zero attached hydrogens (tertiary/aromatic N) is 2. The van der Waals surface area contributed by atoms with Crippen molar-refractivity contribution >= 4 is 27.5 Å². The molecule has 0 N–H and O–H groups in total. The van der Waals surface area contributed by atoms with Crippen LogP contribution in [0, 0.1) is 0 Å². The fourth-order valence-corrected chi connectivity index (χ4v) is 1.94. The monoisotopic (exact) mass is 336 g/mol. The number of hydrogen-bond acceptors (Lipinski definition) is 2. The molecule has 0 atom stereocenters. The minimum Gasteiger partial charge on any atom is -0.218 e. The van der Waals surface area contributed by atoms with Crippen LogP contribution in [0.5, 0.6) is 0 Å². The summed E-state index contributed by atoms with van der Waals surface area (Å²) in [7, 11) is 0. The van der Waals surface area contributed by atoms with E-state index in [9.17, 15) is 13.2 Å². The van der Waals surface area contributed by atoms with E-state index in [-0.39, 0.29) is 5.69 Å². The van der Waals surface area contributed by atoms with Crippen LogP contribution in [0.2, 0.25) is 5.28 Å². The first-order valence-electron chi connectivity index (χ1n) is 4.74. The highest BCUT2D eigenvalue weighted by Gasteiger charge is 2.33. The molecule has 1 aromatic carbocycles. The summed E-state index contributed by atoms with van der Waals surface area (Å²) in [5.74, 6) is 0. The van der Waals surface area contributed by atoms with E-state index in [2.05, 4.69) is 25.9 Å². The predicted octanol–water partition coefficient (Wildman–Crippen LogP) is 4.58. The molecule has 0 spiro atoms. The summed E-state index contributed by atoms with van der Waals surface area (Å²) in [6, 6.07) is 7.62. The molecule has 0 unspecified atom stereocenters. The fourth-order valence-electron chi connectivity index (χ4n) is 1.36. The lowest BCUT2D eigenvalue weighted by Crippen LogP contribution is -2.09. The van der Waals surface area contributed by atoms with Crippen molar-refractivity contribution in [2.45, 2.75) is 6.18 Å². The van der Waals surface area contributed by atoms with Gasteiger partial charge in [0.2, 0.25) is 5.28 Å². The zero-order valence-corrected chi connectivity index (χ0v) is 11.0. The second kappa shape index (κ2) is 4.85. The van der Waals surface area contributed by atoms with Crippen LogP contribution in [0.4, 0.5) is 13.2 Å². The lowest BCUT2D eigenvalue weighted by molar-refractivity contribution is -0.141. The first-order chi connectivity index (χ1) is 8.36. The van der Waals surface area contributed by atoms with Gasteiger partial charge in [0.05, 0.1) is 5.69 Å². The summed E-state index contributed by atoms with van der Waals surface area (Å²) in [6.07, 6.45) is -4.55. The Labute approximate surface area is 114 Å². The third-order valence-corrected chi connectivity index (χ3v) is 2.77. The van der Waals surface area contributed by atoms with Gasteiger partial charge >= 0.3 is 6.18 Å². The number of aromatic nitrogens is 2. The van der Waals surface area contributed by atoms with Crippen LogP contribution in [0.15, 0.2) is 34.8 Å². The summed E-state index contributed by atoms with van der Waals surface area (Å²) >= 11 is 8.75. The lowest BCUT2D eigenvalue weighted by Gasteiger charge is -2.08. The van der Waals surface area contributed by atoms with Gasteiger partial charge in [-0.2, -0.15) is 13.2 Å². The molecule has 18 heavy (non-hydrogen) atoms. The van der Waals surface area contributed by atoms with Crippen molar-refractivity contribution < 1.29 is 13.2 Å². The first kappa shape index (κ1) is 13.3. The molecule has 0 aliphatic rings. The molecular weight excluding hydrogens is 332 g/mol. The molecule has 1 aromatic heterocycles. The Morgan fingerprint density at radius 3 is 2.44 bits per heavy atom. The number of hydrogen-bond donors (Lipinski definition) is 0. The van der Waals surface area contributed by atoms with Crippen molar-refractivity contribution in [1.29, 1.82) is 0 Å². The molecule has 0 radical (unpaired) electrons. The van der Waals surface area contributed by atoms with Crippen molar-refractivity contribution in [3.8, 4) is 11.3 Å². The SMILES string of the molecule is FC(F)(F)c1cc(-c2cccc(Br)c2)nc(Cl)n1. The summed E-state index contributed by atoms with van der Waals surface area (Å²) in [6.45, 7) is 0. The van der Waals surface area contributed by atoms with Gasteiger partial charge in [-0.05, 0) is 29.8 Å². The van der Waals surface area contributed by atoms with E-state index in [1.165, 1.54) is 0 Å². The number of rotatable bonds is 1. The van der Waals surface area contributed by atoms with Crippen LogP contribution in [-0.4, -0.2) is 9.97 Å². The quantitative estimate of drug-likeness (QED) is 0.712. The maximum Gasteiger partial charge on any atom is 0.433 e. The minimum absolute atomic E-state index is 0.128. The van der Waals surface area contributed by atoms with E-state index in [4.69, 9.17) is 11.6 Å². The van der Waals surface area contributed by atoms with Crippen LogP contribution in [0.25, 0.3) is 11.3 Å². The van der Waals surface area contributed by atoms with Crippen LogP contribution >= 0.6 is 27.5 Å². The normalized spacial score (nSPS) is 11.6. The Bertz CT molecular complexity index is 587. The van der Waals surface area contributed by atoms with Crippen LogP contribution in [0.3, 0.4) is 0 Å². The van der Waals surface area contributed by atoms with Gasteiger partial charge in [-0.25, -0.2) is 9.97 Å². The summed E-state index contributed by atoms with van der Waals surface area (Å²) < 4.78 is 38.5. The summed E-state index contributed by atoms with van der Waals surface area (Å²) in [5, 5.41) is -0.431. The Morgan fingerprint density at radius 2 is 1.83 bits per heavy atom. The van der Waals surface area contributed by atoms with Crippen molar-refractivity contribution in [1.82, 2.24) is 9.97 Å². The topological polar surface area (TPSA) is 25.8 Å². The summed E-state index contributed by atoms with van der Waals surface area (Å²) in [5.41, 5.74) is -0.403. The second-order valence-electron chi connectivity index (χ2n) is 3.42. The highest BCUT2D eigenvalue weighted by Crippen LogP contribution is 2.31. The van der Waals surface area contributed by atoms with Crippen molar-refractivity contribution in [2.24, 2.45) is 0 Å². The highest BCUT2D eigenvalue weighted by molar-refractivity contribution is 9.10. The molecule has 0 fully saturated rings. The first-order valence-corrected chi connectivity index (χ1v) is 5.91. The Morgan fingerprint density at radius 1 is 1.11 bits per heavy atom. The zero-order chi connectivity index (χ0) is 13.3. The molecule has 0 aliphatic heterocycles. The number of benzene rings is 1. The van der Waals surface area contributed by atoms with Crippen molar-refractivity contribution in [3.05, 3.63) is 45.8 Å². The van der Waals surface area contributed by atoms with Gasteiger partial charge in [-0.3, -0.25) is 0 Å². The maximum absolute atomic E-state index is 12.6. The molecule has 1 heterocycles. The van der Waals surface area contributed by atoms with Gasteiger partial charge in [0, 0.05) is 10.0 Å². The molecule has 7 heteroatoms. The molecule has 94 valence electrons.